The quantitative estimate of drug-likeness (QED) is 0.162. The summed E-state index contributed by atoms with van der Waals surface area (Å²) in [7, 11) is 1.59. The van der Waals surface area contributed by atoms with E-state index in [0.29, 0.717) is 18.1 Å². The van der Waals surface area contributed by atoms with Crippen LogP contribution in [0.4, 0.5) is 0 Å². The molecule has 0 aliphatic rings. The standard InChI is InChI=1S/C24H20BrN3O3S2/c1-30-21-12-17(8-11-20(21)31-14-16-6-9-18(25)10-7-16)13-26-28-23(29)15-32-24-27-19-4-2-3-5-22(19)33-24/h2-13H,14-15H2,1H3,(H,28,29)/b26-13+. The average Bonchev–Trinajstić information content (AvgIpc) is 3.26. The van der Waals surface area contributed by atoms with Crippen LogP contribution < -0.4 is 14.9 Å². The predicted molar refractivity (Wildman–Crippen MR) is 138 cm³/mol. The van der Waals surface area contributed by atoms with Crippen molar-refractivity contribution in [3.05, 3.63) is 82.3 Å². The Morgan fingerprint density at radius 3 is 2.76 bits per heavy atom. The number of carbonyl (C=O) groups is 1. The first-order chi connectivity index (χ1) is 16.1. The lowest BCUT2D eigenvalue weighted by molar-refractivity contribution is -0.118. The molecule has 0 aliphatic heterocycles. The molecule has 0 radical (unpaired) electrons. The second kappa shape index (κ2) is 11.3. The third-order valence-electron chi connectivity index (χ3n) is 4.50. The van der Waals surface area contributed by atoms with Gasteiger partial charge in [0.25, 0.3) is 5.91 Å². The number of carbonyl (C=O) groups excluding carboxylic acids is 1. The molecular weight excluding hydrogens is 522 g/mol. The van der Waals surface area contributed by atoms with Crippen molar-refractivity contribution < 1.29 is 14.3 Å². The maximum atomic E-state index is 12.1. The number of hydrogen-bond acceptors (Lipinski definition) is 7. The Kier molecular flexibility index (Phi) is 7.98. The Balaban J connectivity index is 1.28. The van der Waals surface area contributed by atoms with Gasteiger partial charge in [-0.2, -0.15) is 5.10 Å². The van der Waals surface area contributed by atoms with E-state index in [1.54, 1.807) is 24.7 Å². The van der Waals surface area contributed by atoms with Crippen LogP contribution in [-0.4, -0.2) is 30.0 Å². The van der Waals surface area contributed by atoms with Crippen LogP contribution in [0.15, 0.2) is 80.6 Å². The number of fused-ring (bicyclic) bond motifs is 1. The third-order valence-corrected chi connectivity index (χ3v) is 7.21. The Hall–Kier alpha value is -2.88. The summed E-state index contributed by atoms with van der Waals surface area (Å²) < 4.78 is 14.3. The number of hydrogen-bond donors (Lipinski definition) is 1. The predicted octanol–water partition coefficient (Wildman–Crippen LogP) is 5.89. The molecule has 0 bridgehead atoms. The highest BCUT2D eigenvalue weighted by Crippen LogP contribution is 2.30. The van der Waals surface area contributed by atoms with E-state index in [4.69, 9.17) is 9.47 Å². The van der Waals surface area contributed by atoms with Crippen molar-refractivity contribution in [1.29, 1.82) is 0 Å². The molecule has 6 nitrogen and oxygen atoms in total. The molecule has 4 aromatic rings. The Morgan fingerprint density at radius 2 is 1.97 bits per heavy atom. The summed E-state index contributed by atoms with van der Waals surface area (Å²) >= 11 is 6.39. The summed E-state index contributed by atoms with van der Waals surface area (Å²) in [4.78, 5) is 16.6. The van der Waals surface area contributed by atoms with E-state index in [1.807, 2.05) is 66.7 Å². The van der Waals surface area contributed by atoms with Gasteiger partial charge in [-0.1, -0.05) is 52.0 Å². The highest BCUT2D eigenvalue weighted by atomic mass is 79.9. The second-order valence-corrected chi connectivity index (χ2v) is 10.0. The number of nitrogens with zero attached hydrogens (tertiary/aromatic N) is 2. The van der Waals surface area contributed by atoms with Crippen molar-refractivity contribution in [2.24, 2.45) is 5.10 Å². The maximum Gasteiger partial charge on any atom is 0.250 e. The smallest absolute Gasteiger partial charge is 0.250 e. The lowest BCUT2D eigenvalue weighted by atomic mass is 10.2. The number of nitrogens with one attached hydrogen (secondary N) is 1. The van der Waals surface area contributed by atoms with Gasteiger partial charge >= 0.3 is 0 Å². The summed E-state index contributed by atoms with van der Waals surface area (Å²) in [5.74, 6) is 1.27. The molecule has 0 aliphatic carbocycles. The van der Waals surface area contributed by atoms with E-state index < -0.39 is 0 Å². The number of aromatic nitrogens is 1. The van der Waals surface area contributed by atoms with Crippen LogP contribution >= 0.6 is 39.0 Å². The number of rotatable bonds is 9. The number of thioether (sulfide) groups is 1. The summed E-state index contributed by atoms with van der Waals surface area (Å²) in [6.45, 7) is 0.430. The number of methoxy groups -OCH3 is 1. The molecule has 0 unspecified atom stereocenters. The fourth-order valence-electron chi connectivity index (χ4n) is 2.88. The molecule has 1 amide bonds. The van der Waals surface area contributed by atoms with Crippen LogP contribution in [0.1, 0.15) is 11.1 Å². The fourth-order valence-corrected chi connectivity index (χ4v) is 5.00. The average molecular weight is 542 g/mol. The number of para-hydroxylation sites is 1. The zero-order valence-electron chi connectivity index (χ0n) is 17.7. The monoisotopic (exact) mass is 541 g/mol. The Morgan fingerprint density at radius 1 is 1.15 bits per heavy atom. The molecule has 33 heavy (non-hydrogen) atoms. The molecule has 0 atom stereocenters. The van der Waals surface area contributed by atoms with E-state index in [-0.39, 0.29) is 11.7 Å². The van der Waals surface area contributed by atoms with Gasteiger partial charge in [-0.05, 0) is 53.6 Å². The van der Waals surface area contributed by atoms with Crippen molar-refractivity contribution in [1.82, 2.24) is 10.4 Å². The van der Waals surface area contributed by atoms with Gasteiger partial charge in [0.15, 0.2) is 15.8 Å². The molecule has 3 aromatic carbocycles. The van der Waals surface area contributed by atoms with Crippen LogP contribution in [0.3, 0.4) is 0 Å². The first kappa shape index (κ1) is 23.3. The van der Waals surface area contributed by atoms with Gasteiger partial charge in [0, 0.05) is 4.47 Å². The number of halogens is 1. The molecular formula is C24H20BrN3O3S2. The molecule has 1 heterocycles. The van der Waals surface area contributed by atoms with E-state index in [0.717, 1.165) is 30.2 Å². The summed E-state index contributed by atoms with van der Waals surface area (Å²) in [5.41, 5.74) is 5.33. The molecule has 168 valence electrons. The van der Waals surface area contributed by atoms with Crippen molar-refractivity contribution in [3.8, 4) is 11.5 Å². The van der Waals surface area contributed by atoms with E-state index >= 15 is 0 Å². The molecule has 0 spiro atoms. The zero-order chi connectivity index (χ0) is 23.0. The minimum atomic E-state index is -0.197. The SMILES string of the molecule is COc1cc(/C=N/NC(=O)CSc2nc3ccccc3s2)ccc1OCc1ccc(Br)cc1. The number of amides is 1. The molecule has 1 N–H and O–H groups in total. The van der Waals surface area contributed by atoms with Gasteiger partial charge in [0.1, 0.15) is 6.61 Å². The lowest BCUT2D eigenvalue weighted by Crippen LogP contribution is -2.19. The summed E-state index contributed by atoms with van der Waals surface area (Å²) in [5, 5.41) is 4.05. The zero-order valence-corrected chi connectivity index (χ0v) is 20.9. The van der Waals surface area contributed by atoms with Crippen LogP contribution in [0.25, 0.3) is 10.2 Å². The van der Waals surface area contributed by atoms with Gasteiger partial charge in [0.2, 0.25) is 0 Å². The Labute approximate surface area is 208 Å². The second-order valence-electron chi connectivity index (χ2n) is 6.85. The normalized spacial score (nSPS) is 11.1. The Bertz CT molecular complexity index is 1240. The van der Waals surface area contributed by atoms with Crippen LogP contribution in [0.2, 0.25) is 0 Å². The van der Waals surface area contributed by atoms with Crippen molar-refractivity contribution in [2.75, 3.05) is 12.9 Å². The maximum absolute atomic E-state index is 12.1. The number of thiazole rings is 1. The molecule has 0 saturated heterocycles. The largest absolute Gasteiger partial charge is 0.493 e. The van der Waals surface area contributed by atoms with Gasteiger partial charge in [-0.3, -0.25) is 4.79 Å². The van der Waals surface area contributed by atoms with Gasteiger partial charge < -0.3 is 9.47 Å². The highest BCUT2D eigenvalue weighted by Gasteiger charge is 2.08. The van der Waals surface area contributed by atoms with E-state index in [9.17, 15) is 4.79 Å². The first-order valence-electron chi connectivity index (χ1n) is 9.96. The van der Waals surface area contributed by atoms with Crippen LogP contribution in [-0.2, 0) is 11.4 Å². The first-order valence-corrected chi connectivity index (χ1v) is 12.6. The van der Waals surface area contributed by atoms with Gasteiger partial charge in [-0.15, -0.1) is 11.3 Å². The van der Waals surface area contributed by atoms with Gasteiger partial charge in [0.05, 0.1) is 29.3 Å². The van der Waals surface area contributed by atoms with Crippen molar-refractivity contribution >= 4 is 61.4 Å². The number of hydrazone groups is 1. The van der Waals surface area contributed by atoms with Crippen molar-refractivity contribution in [3.63, 3.8) is 0 Å². The molecule has 9 heteroatoms. The van der Waals surface area contributed by atoms with E-state index in [2.05, 4.69) is 31.4 Å². The van der Waals surface area contributed by atoms with Gasteiger partial charge in [-0.25, -0.2) is 10.4 Å². The molecule has 4 rings (SSSR count). The molecule has 0 saturated carbocycles. The minimum Gasteiger partial charge on any atom is -0.493 e. The van der Waals surface area contributed by atoms with Crippen LogP contribution in [0, 0.1) is 0 Å². The number of benzene rings is 3. The number of ether oxygens (including phenoxy) is 2. The molecule has 1 aromatic heterocycles. The van der Waals surface area contributed by atoms with Crippen LogP contribution in [0.5, 0.6) is 11.5 Å². The topological polar surface area (TPSA) is 72.8 Å². The van der Waals surface area contributed by atoms with Crippen molar-refractivity contribution in [2.45, 2.75) is 10.9 Å². The fraction of sp³-hybridized carbons (Fsp3) is 0.125. The summed E-state index contributed by atoms with van der Waals surface area (Å²) in [6, 6.07) is 21.3. The minimum absolute atomic E-state index is 0.197. The highest BCUT2D eigenvalue weighted by molar-refractivity contribution is 9.10. The van der Waals surface area contributed by atoms with E-state index in [1.165, 1.54) is 11.8 Å². The summed E-state index contributed by atoms with van der Waals surface area (Å²) in [6.07, 6.45) is 1.57. The lowest BCUT2D eigenvalue weighted by Gasteiger charge is -2.11. The third kappa shape index (κ3) is 6.56. The molecule has 0 fully saturated rings.